The van der Waals surface area contributed by atoms with Gasteiger partial charge >= 0.3 is 6.03 Å². The van der Waals surface area contributed by atoms with E-state index in [0.717, 1.165) is 37.4 Å². The quantitative estimate of drug-likeness (QED) is 0.780. The van der Waals surface area contributed by atoms with Gasteiger partial charge in [0, 0.05) is 38.6 Å². The molecule has 1 fully saturated rings. The number of carbonyl (C=O) groups excluding carboxylic acids is 1. The molecule has 1 aromatic heterocycles. The van der Waals surface area contributed by atoms with Gasteiger partial charge in [0.1, 0.15) is 0 Å². The van der Waals surface area contributed by atoms with E-state index >= 15 is 0 Å². The normalized spacial score (nSPS) is 20.0. The summed E-state index contributed by atoms with van der Waals surface area (Å²) >= 11 is 0. The van der Waals surface area contributed by atoms with E-state index in [1.54, 1.807) is 12.5 Å². The molecule has 2 atom stereocenters. The molecule has 1 saturated heterocycles. The highest BCUT2D eigenvalue weighted by Crippen LogP contribution is 2.28. The fourth-order valence-electron chi connectivity index (χ4n) is 3.28. The highest BCUT2D eigenvalue weighted by molar-refractivity contribution is 5.93. The van der Waals surface area contributed by atoms with Crippen LogP contribution in [-0.2, 0) is 11.3 Å². The second-order valence-corrected chi connectivity index (χ2v) is 6.71. The van der Waals surface area contributed by atoms with Gasteiger partial charge in [0.2, 0.25) is 0 Å². The molecule has 2 unspecified atom stereocenters. The van der Waals surface area contributed by atoms with E-state index in [0.29, 0.717) is 6.54 Å². The molecular weight excluding hydrogens is 330 g/mol. The van der Waals surface area contributed by atoms with Crippen LogP contribution in [0.3, 0.4) is 0 Å². The van der Waals surface area contributed by atoms with Crippen molar-refractivity contribution in [1.29, 1.82) is 0 Å². The third-order valence-corrected chi connectivity index (χ3v) is 4.35. The smallest absolute Gasteiger partial charge is 0.319 e. The van der Waals surface area contributed by atoms with Crippen molar-refractivity contribution < 1.29 is 9.53 Å². The van der Waals surface area contributed by atoms with Crippen molar-refractivity contribution in [3.05, 3.63) is 43.0 Å². The second kappa shape index (κ2) is 8.71. The number of benzene rings is 1. The second-order valence-electron chi connectivity index (χ2n) is 6.71. The Morgan fingerprint density at radius 3 is 2.77 bits per heavy atom. The highest BCUT2D eigenvalue weighted by Gasteiger charge is 2.24. The van der Waals surface area contributed by atoms with Gasteiger partial charge in [-0.1, -0.05) is 12.1 Å². The van der Waals surface area contributed by atoms with Crippen molar-refractivity contribution in [2.45, 2.75) is 39.0 Å². The van der Waals surface area contributed by atoms with E-state index in [1.807, 2.05) is 35.0 Å². The molecule has 7 heteroatoms. The summed E-state index contributed by atoms with van der Waals surface area (Å²) in [5.41, 5.74) is 1.85. The maximum Gasteiger partial charge on any atom is 0.319 e. The number of amides is 2. The molecule has 7 nitrogen and oxygen atoms in total. The maximum absolute atomic E-state index is 12.3. The van der Waals surface area contributed by atoms with Crippen LogP contribution in [0.25, 0.3) is 0 Å². The molecule has 26 heavy (non-hydrogen) atoms. The van der Waals surface area contributed by atoms with Crippen LogP contribution in [-0.4, -0.2) is 47.4 Å². The molecule has 1 aliphatic heterocycles. The van der Waals surface area contributed by atoms with Gasteiger partial charge in [-0.3, -0.25) is 0 Å². The van der Waals surface area contributed by atoms with Gasteiger partial charge in [0.25, 0.3) is 0 Å². The first kappa shape index (κ1) is 18.3. The number of hydrogen-bond donors (Lipinski definition) is 2. The molecule has 1 aromatic carbocycles. The number of anilines is 2. The molecule has 2 heterocycles. The number of ether oxygens (including phenoxy) is 1. The number of nitrogens with one attached hydrogen (secondary N) is 2. The third kappa shape index (κ3) is 4.98. The van der Waals surface area contributed by atoms with E-state index in [1.165, 1.54) is 0 Å². The lowest BCUT2D eigenvalue weighted by atomic mass is 10.1. The summed E-state index contributed by atoms with van der Waals surface area (Å²) in [6, 6.07) is 7.72. The predicted octanol–water partition coefficient (Wildman–Crippen LogP) is 2.71. The summed E-state index contributed by atoms with van der Waals surface area (Å²) < 4.78 is 7.80. The number of rotatable bonds is 6. The summed E-state index contributed by atoms with van der Waals surface area (Å²) in [5, 5.41) is 5.89. The Morgan fingerprint density at radius 1 is 1.27 bits per heavy atom. The number of carbonyl (C=O) groups is 1. The van der Waals surface area contributed by atoms with Crippen molar-refractivity contribution in [2.24, 2.45) is 0 Å². The van der Waals surface area contributed by atoms with Gasteiger partial charge < -0.3 is 24.8 Å². The average molecular weight is 357 g/mol. The molecule has 0 radical (unpaired) electrons. The average Bonchev–Trinajstić information content (AvgIpc) is 3.12. The third-order valence-electron chi connectivity index (χ3n) is 4.35. The minimum absolute atomic E-state index is 0.170. The van der Waals surface area contributed by atoms with Gasteiger partial charge in [-0.05, 0) is 32.4 Å². The van der Waals surface area contributed by atoms with Crippen molar-refractivity contribution in [3.63, 3.8) is 0 Å². The lowest BCUT2D eigenvalue weighted by Gasteiger charge is -2.37. The summed E-state index contributed by atoms with van der Waals surface area (Å²) in [6.07, 6.45) is 6.64. The molecule has 140 valence electrons. The maximum atomic E-state index is 12.3. The zero-order valence-corrected chi connectivity index (χ0v) is 15.4. The summed E-state index contributed by atoms with van der Waals surface area (Å²) in [4.78, 5) is 18.5. The molecule has 2 N–H and O–H groups in total. The van der Waals surface area contributed by atoms with Crippen LogP contribution in [0.4, 0.5) is 16.2 Å². The standard InChI is InChI=1S/C19H27N5O2/c1-15-12-24(13-16(2)26-15)18-7-4-3-6-17(18)22-19(25)21-8-5-10-23-11-9-20-14-23/h3-4,6-7,9,11,14-16H,5,8,10,12-13H2,1-2H3,(H2,21,22,25). The van der Waals surface area contributed by atoms with E-state index in [9.17, 15) is 4.79 Å². The number of para-hydroxylation sites is 2. The van der Waals surface area contributed by atoms with E-state index < -0.39 is 0 Å². The Hall–Kier alpha value is -2.54. The molecular formula is C19H27N5O2. The first-order valence-electron chi connectivity index (χ1n) is 9.12. The van der Waals surface area contributed by atoms with Gasteiger partial charge in [0.05, 0.1) is 29.9 Å². The summed E-state index contributed by atoms with van der Waals surface area (Å²) in [6.45, 7) is 7.22. The lowest BCUT2D eigenvalue weighted by Crippen LogP contribution is -2.45. The number of morpholine rings is 1. The Labute approximate surface area is 154 Å². The molecule has 2 amide bonds. The van der Waals surface area contributed by atoms with Gasteiger partial charge in [-0.2, -0.15) is 0 Å². The molecule has 3 rings (SSSR count). The van der Waals surface area contributed by atoms with Crippen LogP contribution >= 0.6 is 0 Å². The van der Waals surface area contributed by atoms with Crippen molar-refractivity contribution in [1.82, 2.24) is 14.9 Å². The van der Waals surface area contributed by atoms with E-state index in [-0.39, 0.29) is 18.2 Å². The zero-order valence-electron chi connectivity index (χ0n) is 15.4. The number of imidazole rings is 1. The number of aromatic nitrogens is 2. The minimum Gasteiger partial charge on any atom is -0.372 e. The Bertz CT molecular complexity index is 694. The molecule has 0 saturated carbocycles. The van der Waals surface area contributed by atoms with Crippen LogP contribution in [0.5, 0.6) is 0 Å². The summed E-state index contributed by atoms with van der Waals surface area (Å²) in [7, 11) is 0. The molecule has 1 aliphatic rings. The topological polar surface area (TPSA) is 71.4 Å². The Kier molecular flexibility index (Phi) is 6.12. The zero-order chi connectivity index (χ0) is 18.4. The minimum atomic E-state index is -0.183. The summed E-state index contributed by atoms with van der Waals surface area (Å²) in [5.74, 6) is 0. The Balaban J connectivity index is 1.53. The largest absolute Gasteiger partial charge is 0.372 e. The van der Waals surface area contributed by atoms with Crippen LogP contribution in [0.1, 0.15) is 20.3 Å². The van der Waals surface area contributed by atoms with Crippen LogP contribution < -0.4 is 15.5 Å². The lowest BCUT2D eigenvalue weighted by molar-refractivity contribution is -0.00517. The van der Waals surface area contributed by atoms with Crippen molar-refractivity contribution >= 4 is 17.4 Å². The molecule has 2 aromatic rings. The van der Waals surface area contributed by atoms with Gasteiger partial charge in [0.15, 0.2) is 0 Å². The fraction of sp³-hybridized carbons (Fsp3) is 0.474. The number of urea groups is 1. The van der Waals surface area contributed by atoms with Crippen LogP contribution in [0, 0.1) is 0 Å². The van der Waals surface area contributed by atoms with Gasteiger partial charge in [-0.25, -0.2) is 9.78 Å². The fourth-order valence-corrected chi connectivity index (χ4v) is 3.28. The van der Waals surface area contributed by atoms with Crippen LogP contribution in [0.15, 0.2) is 43.0 Å². The van der Waals surface area contributed by atoms with E-state index in [2.05, 4.69) is 34.4 Å². The number of aryl methyl sites for hydroxylation is 1. The van der Waals surface area contributed by atoms with Crippen LogP contribution in [0.2, 0.25) is 0 Å². The Morgan fingerprint density at radius 2 is 2.04 bits per heavy atom. The molecule has 0 bridgehead atoms. The number of nitrogens with zero attached hydrogens (tertiary/aromatic N) is 3. The molecule has 0 aliphatic carbocycles. The van der Waals surface area contributed by atoms with Crippen molar-refractivity contribution in [2.75, 3.05) is 29.9 Å². The monoisotopic (exact) mass is 357 g/mol. The highest BCUT2D eigenvalue weighted by atomic mass is 16.5. The first-order valence-corrected chi connectivity index (χ1v) is 9.12. The predicted molar refractivity (Wildman–Crippen MR) is 103 cm³/mol. The van der Waals surface area contributed by atoms with E-state index in [4.69, 9.17) is 4.74 Å². The number of hydrogen-bond acceptors (Lipinski definition) is 4. The SMILES string of the molecule is CC1CN(c2ccccc2NC(=O)NCCCn2ccnc2)CC(C)O1. The van der Waals surface area contributed by atoms with Gasteiger partial charge in [-0.15, -0.1) is 0 Å². The first-order chi connectivity index (χ1) is 12.6. The van der Waals surface area contributed by atoms with Crippen molar-refractivity contribution in [3.8, 4) is 0 Å². The molecule has 0 spiro atoms.